The zero-order valence-corrected chi connectivity index (χ0v) is 14.3. The summed E-state index contributed by atoms with van der Waals surface area (Å²) in [6, 6.07) is 8.54. The predicted octanol–water partition coefficient (Wildman–Crippen LogP) is 4.62. The Hall–Kier alpha value is -0.870. The molecule has 0 N–H and O–H groups in total. The Labute approximate surface area is 140 Å². The second-order valence-corrected chi connectivity index (χ2v) is 8.97. The van der Waals surface area contributed by atoms with Crippen LogP contribution in [-0.4, -0.2) is 32.9 Å². The number of carbonyl (C=O) groups is 1. The SMILES string of the molecule is O=C1c2ccccc2/C(=C/C2SCCS2)N1C1CCCCC1. The van der Waals surface area contributed by atoms with Crippen LogP contribution in [0.25, 0.3) is 5.70 Å². The van der Waals surface area contributed by atoms with E-state index >= 15 is 0 Å². The van der Waals surface area contributed by atoms with E-state index in [1.807, 2.05) is 35.7 Å². The monoisotopic (exact) mass is 331 g/mol. The lowest BCUT2D eigenvalue weighted by Gasteiger charge is -2.32. The summed E-state index contributed by atoms with van der Waals surface area (Å²) in [5.74, 6) is 2.66. The van der Waals surface area contributed by atoms with E-state index in [-0.39, 0.29) is 5.91 Å². The van der Waals surface area contributed by atoms with Gasteiger partial charge in [-0.1, -0.05) is 37.5 Å². The Kier molecular flexibility index (Phi) is 4.23. The van der Waals surface area contributed by atoms with Gasteiger partial charge in [-0.25, -0.2) is 0 Å². The molecule has 22 heavy (non-hydrogen) atoms. The molecule has 2 aliphatic heterocycles. The molecule has 0 aromatic heterocycles. The predicted molar refractivity (Wildman–Crippen MR) is 96.2 cm³/mol. The maximum atomic E-state index is 13.0. The van der Waals surface area contributed by atoms with Crippen molar-refractivity contribution in [3.8, 4) is 0 Å². The fourth-order valence-electron chi connectivity index (χ4n) is 3.74. The van der Waals surface area contributed by atoms with Gasteiger partial charge in [0.05, 0.1) is 10.3 Å². The summed E-state index contributed by atoms with van der Waals surface area (Å²) >= 11 is 4.00. The van der Waals surface area contributed by atoms with Gasteiger partial charge in [0, 0.05) is 28.7 Å². The average molecular weight is 332 g/mol. The lowest BCUT2D eigenvalue weighted by Crippen LogP contribution is -2.36. The molecular formula is C18H21NOS2. The molecule has 0 spiro atoms. The van der Waals surface area contributed by atoms with E-state index in [1.54, 1.807) is 0 Å². The largest absolute Gasteiger partial charge is 0.305 e. The van der Waals surface area contributed by atoms with Gasteiger partial charge < -0.3 is 4.90 Å². The smallest absolute Gasteiger partial charge is 0.259 e. The maximum absolute atomic E-state index is 13.0. The highest BCUT2D eigenvalue weighted by molar-refractivity contribution is 8.20. The van der Waals surface area contributed by atoms with Crippen LogP contribution < -0.4 is 0 Å². The van der Waals surface area contributed by atoms with E-state index in [1.165, 1.54) is 36.5 Å². The molecule has 1 aromatic rings. The normalized spacial score (nSPS) is 25.2. The van der Waals surface area contributed by atoms with Gasteiger partial charge in [-0.05, 0) is 25.0 Å². The van der Waals surface area contributed by atoms with Crippen LogP contribution in [0.1, 0.15) is 48.0 Å². The lowest BCUT2D eigenvalue weighted by molar-refractivity contribution is 0.0777. The summed E-state index contributed by atoms with van der Waals surface area (Å²) in [6.45, 7) is 0. The van der Waals surface area contributed by atoms with Crippen LogP contribution >= 0.6 is 23.5 Å². The van der Waals surface area contributed by atoms with E-state index in [0.717, 1.165) is 24.0 Å². The van der Waals surface area contributed by atoms with Crippen LogP contribution in [0.4, 0.5) is 0 Å². The van der Waals surface area contributed by atoms with Gasteiger partial charge >= 0.3 is 0 Å². The summed E-state index contributed by atoms with van der Waals surface area (Å²) < 4.78 is 0.500. The summed E-state index contributed by atoms with van der Waals surface area (Å²) in [5, 5.41) is 0. The topological polar surface area (TPSA) is 20.3 Å². The van der Waals surface area contributed by atoms with Gasteiger partial charge in [0.2, 0.25) is 0 Å². The van der Waals surface area contributed by atoms with Crippen molar-refractivity contribution in [2.45, 2.75) is 42.7 Å². The minimum Gasteiger partial charge on any atom is -0.305 e. The molecule has 1 saturated heterocycles. The Morgan fingerprint density at radius 3 is 2.41 bits per heavy atom. The molecule has 1 amide bonds. The van der Waals surface area contributed by atoms with Gasteiger partial charge in [0.15, 0.2) is 0 Å². The summed E-state index contributed by atoms with van der Waals surface area (Å²) in [5.41, 5.74) is 3.22. The molecule has 0 unspecified atom stereocenters. The van der Waals surface area contributed by atoms with Crippen molar-refractivity contribution in [3.05, 3.63) is 41.5 Å². The van der Waals surface area contributed by atoms with Gasteiger partial charge in [-0.15, -0.1) is 23.5 Å². The Morgan fingerprint density at radius 2 is 1.68 bits per heavy atom. The quantitative estimate of drug-likeness (QED) is 0.788. The summed E-state index contributed by atoms with van der Waals surface area (Å²) in [4.78, 5) is 15.1. The first-order valence-corrected chi connectivity index (χ1v) is 10.3. The minimum absolute atomic E-state index is 0.224. The molecular weight excluding hydrogens is 310 g/mol. The van der Waals surface area contributed by atoms with Crippen molar-refractivity contribution in [1.82, 2.24) is 4.90 Å². The van der Waals surface area contributed by atoms with Crippen molar-refractivity contribution in [2.24, 2.45) is 0 Å². The van der Waals surface area contributed by atoms with E-state index in [4.69, 9.17) is 0 Å². The zero-order chi connectivity index (χ0) is 14.9. The number of hydrogen-bond acceptors (Lipinski definition) is 3. The van der Waals surface area contributed by atoms with Crippen LogP contribution in [0.15, 0.2) is 30.3 Å². The molecule has 0 radical (unpaired) electrons. The standard InChI is InChI=1S/C18H21NOS2/c20-18-15-9-5-4-8-14(15)16(12-17-21-10-11-22-17)19(18)13-6-2-1-3-7-13/h4-5,8-9,12-13,17H,1-3,6-7,10-11H2/b16-12-. The van der Waals surface area contributed by atoms with Gasteiger partial charge in [0.1, 0.15) is 0 Å². The van der Waals surface area contributed by atoms with E-state index in [9.17, 15) is 4.79 Å². The molecule has 0 bridgehead atoms. The summed E-state index contributed by atoms with van der Waals surface area (Å²) in [7, 11) is 0. The van der Waals surface area contributed by atoms with Crippen LogP contribution in [0, 0.1) is 0 Å². The maximum Gasteiger partial charge on any atom is 0.259 e. The second-order valence-electron chi connectivity index (χ2n) is 6.17. The van der Waals surface area contributed by atoms with Crippen LogP contribution in [-0.2, 0) is 0 Å². The first-order chi connectivity index (χ1) is 10.8. The molecule has 3 aliphatic rings. The lowest BCUT2D eigenvalue weighted by atomic mass is 9.94. The first-order valence-electron chi connectivity index (χ1n) is 8.22. The zero-order valence-electron chi connectivity index (χ0n) is 12.7. The van der Waals surface area contributed by atoms with Crippen molar-refractivity contribution in [2.75, 3.05) is 11.5 Å². The highest BCUT2D eigenvalue weighted by Crippen LogP contribution is 2.41. The molecule has 1 saturated carbocycles. The van der Waals surface area contributed by atoms with Crippen LogP contribution in [0.3, 0.4) is 0 Å². The van der Waals surface area contributed by atoms with Gasteiger partial charge in [-0.2, -0.15) is 0 Å². The molecule has 1 aliphatic carbocycles. The highest BCUT2D eigenvalue weighted by Gasteiger charge is 2.37. The third kappa shape index (κ3) is 2.61. The number of benzene rings is 1. The van der Waals surface area contributed by atoms with E-state index in [2.05, 4.69) is 23.1 Å². The van der Waals surface area contributed by atoms with Crippen molar-refractivity contribution in [1.29, 1.82) is 0 Å². The van der Waals surface area contributed by atoms with Crippen LogP contribution in [0.2, 0.25) is 0 Å². The van der Waals surface area contributed by atoms with E-state index in [0.29, 0.717) is 10.6 Å². The number of carbonyl (C=O) groups excluding carboxylic acids is 1. The highest BCUT2D eigenvalue weighted by atomic mass is 32.2. The second kappa shape index (κ2) is 6.32. The molecule has 4 rings (SSSR count). The molecule has 1 aromatic carbocycles. The van der Waals surface area contributed by atoms with E-state index < -0.39 is 0 Å². The third-order valence-corrected chi connectivity index (χ3v) is 7.68. The fraction of sp³-hybridized carbons (Fsp3) is 0.500. The van der Waals surface area contributed by atoms with Crippen molar-refractivity contribution in [3.63, 3.8) is 0 Å². The number of amides is 1. The third-order valence-electron chi connectivity index (χ3n) is 4.79. The Bertz CT molecular complexity index is 601. The molecule has 2 nitrogen and oxygen atoms in total. The minimum atomic E-state index is 0.224. The van der Waals surface area contributed by atoms with Crippen molar-refractivity contribution >= 4 is 35.1 Å². The van der Waals surface area contributed by atoms with Crippen molar-refractivity contribution < 1.29 is 4.79 Å². The molecule has 0 atom stereocenters. The molecule has 116 valence electrons. The number of thioether (sulfide) groups is 2. The molecule has 2 fully saturated rings. The number of nitrogens with zero attached hydrogens (tertiary/aromatic N) is 1. The summed E-state index contributed by atoms with van der Waals surface area (Å²) in [6.07, 6.45) is 8.49. The van der Waals surface area contributed by atoms with Gasteiger partial charge in [0.25, 0.3) is 5.91 Å². The Morgan fingerprint density at radius 1 is 1.00 bits per heavy atom. The number of fused-ring (bicyclic) bond motifs is 1. The van der Waals surface area contributed by atoms with Crippen LogP contribution in [0.5, 0.6) is 0 Å². The number of rotatable bonds is 2. The molecule has 4 heteroatoms. The average Bonchev–Trinajstić information content (AvgIpc) is 3.17. The molecule has 2 heterocycles. The first kappa shape index (κ1) is 14.7. The Balaban J connectivity index is 1.73. The fourth-order valence-corrected chi connectivity index (χ4v) is 6.38. The number of hydrogen-bond donors (Lipinski definition) is 0. The van der Waals surface area contributed by atoms with Gasteiger partial charge in [-0.3, -0.25) is 4.79 Å².